The minimum Gasteiger partial charge on any atom is -0.453 e. The summed E-state index contributed by atoms with van der Waals surface area (Å²) in [6.45, 7) is 4.39. The lowest BCUT2D eigenvalue weighted by molar-refractivity contribution is 0.0920. The molecule has 0 spiro atoms. The Balaban J connectivity index is 1.34. The van der Waals surface area contributed by atoms with Crippen molar-refractivity contribution in [1.29, 1.82) is 0 Å². The lowest BCUT2D eigenvalue weighted by atomic mass is 9.95. The average molecular weight is 390 g/mol. The Morgan fingerprint density at radius 2 is 1.89 bits per heavy atom. The van der Waals surface area contributed by atoms with Crippen molar-refractivity contribution in [2.75, 3.05) is 39.8 Å². The minimum atomic E-state index is -0.385. The first-order valence-electron chi connectivity index (χ1n) is 10.0. The van der Waals surface area contributed by atoms with E-state index in [1.165, 1.54) is 13.2 Å². The van der Waals surface area contributed by atoms with Gasteiger partial charge in [-0.2, -0.15) is 0 Å². The number of imidazole rings is 1. The number of benzene rings is 1. The Hall–Kier alpha value is -2.35. The van der Waals surface area contributed by atoms with Gasteiger partial charge in [0.1, 0.15) is 11.3 Å². The number of para-hydroxylation sites is 1. The van der Waals surface area contributed by atoms with E-state index in [2.05, 4.69) is 9.88 Å². The normalized spacial score (nSPS) is 20.0. The lowest BCUT2D eigenvalue weighted by Crippen LogP contribution is -2.43. The number of methoxy groups -OCH3 is 1. The summed E-state index contributed by atoms with van der Waals surface area (Å²) in [5.74, 6) is 0.200. The Morgan fingerprint density at radius 3 is 2.57 bits per heavy atom. The van der Waals surface area contributed by atoms with Crippen molar-refractivity contribution >= 4 is 17.1 Å². The van der Waals surface area contributed by atoms with Crippen molar-refractivity contribution < 1.29 is 13.9 Å². The molecule has 2 aromatic rings. The Morgan fingerprint density at radius 1 is 1.18 bits per heavy atom. The van der Waals surface area contributed by atoms with Gasteiger partial charge < -0.3 is 19.5 Å². The van der Waals surface area contributed by atoms with E-state index < -0.39 is 0 Å². The first kappa shape index (κ1) is 19.0. The number of aromatic amines is 1. The third-order valence-corrected chi connectivity index (χ3v) is 6.19. The number of nitrogens with one attached hydrogen (secondary N) is 1. The van der Waals surface area contributed by atoms with Crippen LogP contribution in [0.4, 0.5) is 9.18 Å². The van der Waals surface area contributed by atoms with Gasteiger partial charge in [-0.05, 0) is 43.7 Å². The highest BCUT2D eigenvalue weighted by molar-refractivity contribution is 5.75. The molecule has 152 valence electrons. The Bertz CT molecular complexity index is 892. The van der Waals surface area contributed by atoms with E-state index in [-0.39, 0.29) is 23.6 Å². The number of fused-ring (bicyclic) bond motifs is 1. The summed E-state index contributed by atoms with van der Waals surface area (Å²) < 4.78 is 20.5. The number of hydrogen-bond acceptors (Lipinski definition) is 4. The van der Waals surface area contributed by atoms with E-state index in [0.717, 1.165) is 58.4 Å². The number of carbonyl (C=O) groups is 1. The van der Waals surface area contributed by atoms with E-state index >= 15 is 0 Å². The number of hydrogen-bond donors (Lipinski definition) is 1. The van der Waals surface area contributed by atoms with Crippen LogP contribution in [0.5, 0.6) is 0 Å². The third-order valence-electron chi connectivity index (χ3n) is 6.19. The summed E-state index contributed by atoms with van der Waals surface area (Å²) in [6, 6.07) is 4.92. The van der Waals surface area contributed by atoms with E-state index in [1.54, 1.807) is 21.6 Å². The van der Waals surface area contributed by atoms with E-state index in [0.29, 0.717) is 17.0 Å². The summed E-state index contributed by atoms with van der Waals surface area (Å²) in [4.78, 5) is 30.9. The summed E-state index contributed by atoms with van der Waals surface area (Å²) in [6.07, 6.45) is 3.51. The standard InChI is InChI=1S/C20H27FN4O3/c1-28-20(27)24-11-5-14(6-12-24)13-23-9-7-15(8-10-23)25-17-4-2-3-16(21)18(17)22-19(25)26/h2-4,14-15H,5-13H2,1H3,(H,22,26). The van der Waals surface area contributed by atoms with Gasteiger partial charge in [0, 0.05) is 38.8 Å². The zero-order valence-electron chi connectivity index (χ0n) is 16.2. The van der Waals surface area contributed by atoms with Crippen LogP contribution in [0.2, 0.25) is 0 Å². The van der Waals surface area contributed by atoms with Crippen LogP contribution in [0.1, 0.15) is 31.7 Å². The molecule has 0 saturated carbocycles. The number of aromatic nitrogens is 2. The summed E-state index contributed by atoms with van der Waals surface area (Å²) in [5.41, 5.74) is 0.722. The van der Waals surface area contributed by atoms with Crippen molar-refractivity contribution in [2.45, 2.75) is 31.7 Å². The van der Waals surface area contributed by atoms with Gasteiger partial charge in [-0.1, -0.05) is 6.07 Å². The quantitative estimate of drug-likeness (QED) is 0.875. The first-order chi connectivity index (χ1) is 13.6. The van der Waals surface area contributed by atoms with Gasteiger partial charge in [0.2, 0.25) is 0 Å². The Kier molecular flexibility index (Phi) is 5.39. The second kappa shape index (κ2) is 7.95. The predicted octanol–water partition coefficient (Wildman–Crippen LogP) is 2.58. The molecule has 7 nitrogen and oxygen atoms in total. The number of halogens is 1. The molecule has 2 aliphatic rings. The molecule has 3 heterocycles. The molecular weight excluding hydrogens is 363 g/mol. The van der Waals surface area contributed by atoms with E-state index in [4.69, 9.17) is 4.74 Å². The van der Waals surface area contributed by atoms with Crippen LogP contribution in [0, 0.1) is 11.7 Å². The van der Waals surface area contributed by atoms with Gasteiger partial charge >= 0.3 is 11.8 Å². The number of ether oxygens (including phenoxy) is 1. The van der Waals surface area contributed by atoms with Gasteiger partial charge in [-0.3, -0.25) is 4.57 Å². The molecule has 1 amide bonds. The van der Waals surface area contributed by atoms with E-state index in [1.807, 2.05) is 0 Å². The SMILES string of the molecule is COC(=O)N1CCC(CN2CCC(n3c(=O)[nH]c4c(F)cccc43)CC2)CC1. The number of amides is 1. The molecule has 0 aliphatic carbocycles. The van der Waals surface area contributed by atoms with Crippen molar-refractivity contribution in [2.24, 2.45) is 5.92 Å². The number of rotatable bonds is 3. The molecule has 1 aromatic heterocycles. The van der Waals surface area contributed by atoms with Gasteiger partial charge in [-0.15, -0.1) is 0 Å². The minimum absolute atomic E-state index is 0.0977. The fourth-order valence-corrected chi connectivity index (χ4v) is 4.63. The van der Waals surface area contributed by atoms with Crippen LogP contribution in [0.3, 0.4) is 0 Å². The van der Waals surface area contributed by atoms with Gasteiger partial charge in [0.25, 0.3) is 0 Å². The van der Waals surface area contributed by atoms with Gasteiger partial charge in [0.15, 0.2) is 0 Å². The van der Waals surface area contributed by atoms with Crippen LogP contribution < -0.4 is 5.69 Å². The topological polar surface area (TPSA) is 70.6 Å². The molecule has 8 heteroatoms. The summed E-state index contributed by atoms with van der Waals surface area (Å²) >= 11 is 0. The summed E-state index contributed by atoms with van der Waals surface area (Å²) in [5, 5.41) is 0. The van der Waals surface area contributed by atoms with Gasteiger partial charge in [0.05, 0.1) is 12.6 Å². The molecule has 0 radical (unpaired) electrons. The molecule has 2 saturated heterocycles. The molecule has 28 heavy (non-hydrogen) atoms. The van der Waals surface area contributed by atoms with Crippen molar-refractivity contribution in [3.63, 3.8) is 0 Å². The molecule has 2 aliphatic heterocycles. The second-order valence-corrected chi connectivity index (χ2v) is 7.87. The molecule has 0 atom stereocenters. The summed E-state index contributed by atoms with van der Waals surface area (Å²) in [7, 11) is 1.42. The first-order valence-corrected chi connectivity index (χ1v) is 10.0. The monoisotopic (exact) mass is 390 g/mol. The highest BCUT2D eigenvalue weighted by Gasteiger charge is 2.28. The van der Waals surface area contributed by atoms with Crippen molar-refractivity contribution in [3.05, 3.63) is 34.5 Å². The maximum absolute atomic E-state index is 13.9. The number of nitrogens with zero attached hydrogens (tertiary/aromatic N) is 3. The average Bonchev–Trinajstić information content (AvgIpc) is 3.06. The number of piperidine rings is 2. The molecule has 4 rings (SSSR count). The maximum atomic E-state index is 13.9. The number of likely N-dealkylation sites (tertiary alicyclic amines) is 2. The zero-order chi connectivity index (χ0) is 19.7. The molecule has 0 unspecified atom stereocenters. The van der Waals surface area contributed by atoms with E-state index in [9.17, 15) is 14.0 Å². The Labute approximate surface area is 163 Å². The lowest BCUT2D eigenvalue weighted by Gasteiger charge is -2.37. The third kappa shape index (κ3) is 3.65. The fourth-order valence-electron chi connectivity index (χ4n) is 4.63. The second-order valence-electron chi connectivity index (χ2n) is 7.87. The van der Waals surface area contributed by atoms with Crippen LogP contribution in [-0.2, 0) is 4.74 Å². The molecular formula is C20H27FN4O3. The van der Waals surface area contributed by atoms with Crippen molar-refractivity contribution in [1.82, 2.24) is 19.4 Å². The highest BCUT2D eigenvalue weighted by Crippen LogP contribution is 2.27. The predicted molar refractivity (Wildman–Crippen MR) is 104 cm³/mol. The largest absolute Gasteiger partial charge is 0.453 e. The molecule has 1 aromatic carbocycles. The van der Waals surface area contributed by atoms with Crippen LogP contribution >= 0.6 is 0 Å². The molecule has 0 bridgehead atoms. The van der Waals surface area contributed by atoms with Gasteiger partial charge in [-0.25, -0.2) is 14.0 Å². The number of H-pyrrole nitrogens is 1. The smallest absolute Gasteiger partial charge is 0.409 e. The van der Waals surface area contributed by atoms with Crippen LogP contribution in [0.15, 0.2) is 23.0 Å². The molecule has 1 N–H and O–H groups in total. The fraction of sp³-hybridized carbons (Fsp3) is 0.600. The molecule has 2 fully saturated rings. The van der Waals surface area contributed by atoms with Crippen LogP contribution in [0.25, 0.3) is 11.0 Å². The highest BCUT2D eigenvalue weighted by atomic mass is 19.1. The maximum Gasteiger partial charge on any atom is 0.409 e. The zero-order valence-corrected chi connectivity index (χ0v) is 16.2. The van der Waals surface area contributed by atoms with Crippen LogP contribution in [-0.4, -0.2) is 65.3 Å². The number of carbonyl (C=O) groups excluding carboxylic acids is 1. The van der Waals surface area contributed by atoms with Crippen molar-refractivity contribution in [3.8, 4) is 0 Å².